The van der Waals surface area contributed by atoms with E-state index in [0.717, 1.165) is 5.56 Å². The average Bonchev–Trinajstić information content (AvgIpc) is 3.09. The molecular weight excluding hydrogens is 326 g/mol. The fourth-order valence-corrected chi connectivity index (χ4v) is 2.40. The van der Waals surface area contributed by atoms with E-state index < -0.39 is 12.5 Å². The van der Waals surface area contributed by atoms with Crippen molar-refractivity contribution in [3.8, 4) is 0 Å². The molecule has 25 heavy (non-hydrogen) atoms. The first-order valence-corrected chi connectivity index (χ1v) is 7.73. The van der Waals surface area contributed by atoms with E-state index in [1.807, 2.05) is 30.3 Å². The van der Waals surface area contributed by atoms with Gasteiger partial charge in [-0.2, -0.15) is 14.3 Å². The zero-order valence-corrected chi connectivity index (χ0v) is 13.5. The van der Waals surface area contributed by atoms with Gasteiger partial charge < -0.3 is 14.2 Å². The zero-order chi connectivity index (χ0) is 17.6. The zero-order valence-electron chi connectivity index (χ0n) is 13.5. The van der Waals surface area contributed by atoms with Gasteiger partial charge in [-0.3, -0.25) is 4.79 Å². The normalized spacial score (nSPS) is 19.5. The summed E-state index contributed by atoms with van der Waals surface area (Å²) in [5.74, 6) is 0.000294. The first-order chi connectivity index (χ1) is 12.2. The van der Waals surface area contributed by atoms with Crippen molar-refractivity contribution in [1.29, 1.82) is 0 Å². The van der Waals surface area contributed by atoms with Crippen molar-refractivity contribution in [2.24, 2.45) is 4.99 Å². The second-order valence-corrected chi connectivity index (χ2v) is 5.40. The molecule has 0 aliphatic carbocycles. The van der Waals surface area contributed by atoms with Crippen LogP contribution in [0.3, 0.4) is 0 Å². The molecule has 2 atom stereocenters. The second kappa shape index (κ2) is 7.82. The summed E-state index contributed by atoms with van der Waals surface area (Å²) in [5, 5.41) is 0. The van der Waals surface area contributed by atoms with E-state index in [1.54, 1.807) is 12.3 Å². The van der Waals surface area contributed by atoms with Gasteiger partial charge in [-0.25, -0.2) is 4.99 Å². The molecule has 8 heteroatoms. The number of nitrogens with zero attached hydrogens (tertiary/aromatic N) is 2. The van der Waals surface area contributed by atoms with Gasteiger partial charge in [0.25, 0.3) is 0 Å². The molecule has 1 aliphatic heterocycles. The third-order valence-corrected chi connectivity index (χ3v) is 3.65. The van der Waals surface area contributed by atoms with Gasteiger partial charge in [-0.05, 0) is 12.3 Å². The van der Waals surface area contributed by atoms with Crippen LogP contribution in [0.2, 0.25) is 0 Å². The smallest absolute Gasteiger partial charge is 0.460 e. The van der Waals surface area contributed by atoms with Gasteiger partial charge in [-0.15, -0.1) is 0 Å². The molecule has 0 unspecified atom stereocenters. The SMILES string of the molecule is C=Nc1cc[n+]([C@@H]2CO[C@H](COC(=O)Cc3ccccc3)O2)c(=O)[nH]1. The number of benzene rings is 1. The number of rotatable bonds is 6. The standard InChI is InChI=1S/C17H17N3O5/c1-18-13-7-8-20(17(22)19-13)14-10-24-16(25-14)11-23-15(21)9-12-5-3-2-4-6-12/h2-8,14,16H,1,9-11H2/p+1/t14-,16-/m0/s1. The Balaban J connectivity index is 1.51. The lowest BCUT2D eigenvalue weighted by Crippen LogP contribution is -2.55. The van der Waals surface area contributed by atoms with Crippen LogP contribution in [0, 0.1) is 0 Å². The van der Waals surface area contributed by atoms with Gasteiger partial charge in [0.2, 0.25) is 12.0 Å². The number of nitrogens with one attached hydrogen (secondary N) is 1. The predicted molar refractivity (Wildman–Crippen MR) is 87.4 cm³/mol. The topological polar surface area (TPSA) is 93.9 Å². The van der Waals surface area contributed by atoms with Crippen molar-refractivity contribution >= 4 is 18.5 Å². The van der Waals surface area contributed by atoms with E-state index in [4.69, 9.17) is 14.2 Å². The molecule has 0 spiro atoms. The molecule has 0 bridgehead atoms. The summed E-state index contributed by atoms with van der Waals surface area (Å²) in [7, 11) is 0. The van der Waals surface area contributed by atoms with Gasteiger partial charge >= 0.3 is 11.7 Å². The molecule has 8 nitrogen and oxygen atoms in total. The maximum atomic E-state index is 12.0. The Hall–Kier alpha value is -2.84. The van der Waals surface area contributed by atoms with Crippen molar-refractivity contribution in [3.63, 3.8) is 0 Å². The molecule has 1 aromatic heterocycles. The first-order valence-electron chi connectivity index (χ1n) is 7.73. The Labute approximate surface area is 143 Å². The van der Waals surface area contributed by atoms with E-state index >= 15 is 0 Å². The Morgan fingerprint density at radius 2 is 2.16 bits per heavy atom. The van der Waals surface area contributed by atoms with Crippen molar-refractivity contribution in [3.05, 3.63) is 58.6 Å². The van der Waals surface area contributed by atoms with Crippen LogP contribution in [0.15, 0.2) is 52.4 Å². The summed E-state index contributed by atoms with van der Waals surface area (Å²) < 4.78 is 17.5. The van der Waals surface area contributed by atoms with Crippen molar-refractivity contribution in [2.75, 3.05) is 13.2 Å². The quantitative estimate of drug-likeness (QED) is 0.472. The lowest BCUT2D eigenvalue weighted by molar-refractivity contribution is -0.771. The molecular formula is C17H18N3O5+. The minimum atomic E-state index is -0.714. The minimum absolute atomic E-state index is 0.0348. The van der Waals surface area contributed by atoms with Crippen LogP contribution in [0.25, 0.3) is 0 Å². The molecule has 0 saturated carbocycles. The average molecular weight is 344 g/mol. The molecule has 1 saturated heterocycles. The van der Waals surface area contributed by atoms with Gasteiger partial charge in [0, 0.05) is 6.07 Å². The Bertz CT molecular complexity index is 805. The molecule has 1 fully saturated rings. The van der Waals surface area contributed by atoms with E-state index in [-0.39, 0.29) is 31.3 Å². The number of hydrogen-bond acceptors (Lipinski definition) is 6. The van der Waals surface area contributed by atoms with Gasteiger partial charge in [0.15, 0.2) is 6.29 Å². The van der Waals surface area contributed by atoms with Crippen LogP contribution in [-0.2, 0) is 25.4 Å². The van der Waals surface area contributed by atoms with Crippen LogP contribution in [-0.4, -0.2) is 37.2 Å². The largest absolute Gasteiger partial charge is 0.499 e. The van der Waals surface area contributed by atoms with Gasteiger partial charge in [0.05, 0.1) is 6.42 Å². The Kier molecular flexibility index (Phi) is 5.32. The number of hydrogen-bond donors (Lipinski definition) is 1. The third kappa shape index (κ3) is 4.37. The predicted octanol–water partition coefficient (Wildman–Crippen LogP) is 0.652. The van der Waals surface area contributed by atoms with Crippen molar-refractivity contribution < 1.29 is 23.6 Å². The molecule has 1 N–H and O–H groups in total. The van der Waals surface area contributed by atoms with Crippen LogP contribution in [0.5, 0.6) is 0 Å². The highest BCUT2D eigenvalue weighted by Gasteiger charge is 2.32. The summed E-state index contributed by atoms with van der Waals surface area (Å²) in [6, 6.07) is 10.9. The highest BCUT2D eigenvalue weighted by Crippen LogP contribution is 2.16. The summed E-state index contributed by atoms with van der Waals surface area (Å²) in [5.41, 5.74) is 0.483. The highest BCUT2D eigenvalue weighted by atomic mass is 16.7. The number of ether oxygens (including phenoxy) is 3. The Morgan fingerprint density at radius 3 is 2.88 bits per heavy atom. The lowest BCUT2D eigenvalue weighted by atomic mass is 10.2. The number of esters is 1. The summed E-state index contributed by atoms with van der Waals surface area (Å²) in [6.07, 6.45) is 0.413. The van der Waals surface area contributed by atoms with Crippen molar-refractivity contribution in [2.45, 2.75) is 18.9 Å². The summed E-state index contributed by atoms with van der Waals surface area (Å²) in [4.78, 5) is 30.0. The Morgan fingerprint density at radius 1 is 1.36 bits per heavy atom. The molecule has 2 aromatic rings. The van der Waals surface area contributed by atoms with E-state index in [0.29, 0.717) is 5.82 Å². The molecule has 2 heterocycles. The third-order valence-electron chi connectivity index (χ3n) is 3.65. The monoisotopic (exact) mass is 344 g/mol. The number of carbonyl (C=O) groups is 1. The van der Waals surface area contributed by atoms with E-state index in [1.165, 1.54) is 4.57 Å². The van der Waals surface area contributed by atoms with E-state index in [2.05, 4.69) is 16.7 Å². The number of aliphatic imine (C=N–C) groups is 1. The van der Waals surface area contributed by atoms with E-state index in [9.17, 15) is 9.59 Å². The number of carbonyl (C=O) groups excluding carboxylic acids is 1. The second-order valence-electron chi connectivity index (χ2n) is 5.40. The molecule has 0 amide bonds. The van der Waals surface area contributed by atoms with Gasteiger partial charge in [-0.1, -0.05) is 30.3 Å². The molecule has 1 aliphatic rings. The van der Waals surface area contributed by atoms with Crippen molar-refractivity contribution in [1.82, 2.24) is 4.98 Å². The summed E-state index contributed by atoms with van der Waals surface area (Å²) in [6.45, 7) is 3.49. The first kappa shape index (κ1) is 17.0. The maximum absolute atomic E-state index is 12.0. The molecule has 3 rings (SSSR count). The molecule has 130 valence electrons. The minimum Gasteiger partial charge on any atom is -0.460 e. The lowest BCUT2D eigenvalue weighted by Gasteiger charge is -2.10. The van der Waals surface area contributed by atoms with Gasteiger partial charge in [0.1, 0.15) is 19.4 Å². The van der Waals surface area contributed by atoms with Crippen LogP contribution in [0.1, 0.15) is 11.8 Å². The molecule has 1 aromatic carbocycles. The molecule has 0 radical (unpaired) electrons. The fraction of sp³-hybridized carbons (Fsp3) is 0.294. The van der Waals surface area contributed by atoms with Crippen LogP contribution < -0.4 is 10.3 Å². The number of aromatic nitrogens is 2. The number of aromatic amines is 1. The summed E-state index contributed by atoms with van der Waals surface area (Å²) >= 11 is 0. The van der Waals surface area contributed by atoms with Crippen LogP contribution in [0.4, 0.5) is 5.82 Å². The highest BCUT2D eigenvalue weighted by molar-refractivity contribution is 5.72. The number of H-pyrrole nitrogens is 1. The van der Waals surface area contributed by atoms with Crippen LogP contribution >= 0.6 is 0 Å². The fourth-order valence-electron chi connectivity index (χ4n) is 2.40. The maximum Gasteiger partial charge on any atom is 0.499 e.